The van der Waals surface area contributed by atoms with E-state index in [1.54, 1.807) is 6.92 Å². The van der Waals surface area contributed by atoms with Crippen LogP contribution in [0, 0.1) is 0 Å². The summed E-state index contributed by atoms with van der Waals surface area (Å²) in [5.74, 6) is 0.192. The summed E-state index contributed by atoms with van der Waals surface area (Å²) in [6.07, 6.45) is 6.55. The third-order valence-electron chi connectivity index (χ3n) is 2.92. The van der Waals surface area contributed by atoms with Crippen molar-refractivity contribution in [3.63, 3.8) is 0 Å². The molecule has 1 aromatic rings. The Morgan fingerprint density at radius 2 is 2.20 bits per heavy atom. The molecule has 1 heterocycles. The summed E-state index contributed by atoms with van der Waals surface area (Å²) in [6.45, 7) is 6.39. The first-order valence-corrected chi connectivity index (χ1v) is 8.23. The molecule has 1 unspecified atom stereocenters. The van der Waals surface area contributed by atoms with Crippen molar-refractivity contribution in [2.75, 3.05) is 18.2 Å². The van der Waals surface area contributed by atoms with Crippen molar-refractivity contribution in [1.29, 1.82) is 0 Å². The minimum Gasteiger partial charge on any atom is -0.462 e. The number of nitrogens with one attached hydrogen (secondary N) is 1. The van der Waals surface area contributed by atoms with Crippen LogP contribution in [0.2, 0.25) is 0 Å². The summed E-state index contributed by atoms with van der Waals surface area (Å²) in [5, 5.41) is 3.99. The largest absolute Gasteiger partial charge is 0.462 e. The molecular weight excluding hydrogens is 274 g/mol. The van der Waals surface area contributed by atoms with E-state index in [0.717, 1.165) is 19.3 Å². The minimum atomic E-state index is -0.381. The first kappa shape index (κ1) is 16.8. The molecule has 1 rings (SSSR count). The lowest BCUT2D eigenvalue weighted by Gasteiger charge is -2.18. The molecule has 112 valence electrons. The van der Waals surface area contributed by atoms with E-state index >= 15 is 0 Å². The number of thioether (sulfide) groups is 1. The molecule has 0 radical (unpaired) electrons. The number of nitrogens with zero attached hydrogens (tertiary/aromatic N) is 2. The van der Waals surface area contributed by atoms with Gasteiger partial charge in [-0.05, 0) is 26.0 Å². The van der Waals surface area contributed by atoms with Gasteiger partial charge in [0.15, 0.2) is 5.16 Å². The highest BCUT2D eigenvalue weighted by Crippen LogP contribution is 2.20. The van der Waals surface area contributed by atoms with Crippen molar-refractivity contribution < 1.29 is 9.53 Å². The van der Waals surface area contributed by atoms with Crippen LogP contribution in [0.1, 0.15) is 50.4 Å². The average molecular weight is 297 g/mol. The molecule has 6 heteroatoms. The topological polar surface area (TPSA) is 64.1 Å². The highest BCUT2D eigenvalue weighted by Gasteiger charge is 2.18. The second-order valence-electron chi connectivity index (χ2n) is 4.38. The molecule has 0 saturated carbocycles. The third kappa shape index (κ3) is 4.67. The molecule has 0 aliphatic heterocycles. The van der Waals surface area contributed by atoms with Crippen LogP contribution in [0.3, 0.4) is 0 Å². The van der Waals surface area contributed by atoms with E-state index in [4.69, 9.17) is 4.74 Å². The van der Waals surface area contributed by atoms with Crippen molar-refractivity contribution in [2.24, 2.45) is 0 Å². The van der Waals surface area contributed by atoms with Gasteiger partial charge >= 0.3 is 5.97 Å². The molecule has 1 atom stereocenters. The molecule has 0 aliphatic rings. The van der Waals surface area contributed by atoms with Gasteiger partial charge in [-0.25, -0.2) is 14.8 Å². The number of carbonyl (C=O) groups excluding carboxylic acids is 1. The molecule has 0 aromatic carbocycles. The van der Waals surface area contributed by atoms with Crippen LogP contribution in [-0.4, -0.2) is 34.8 Å². The van der Waals surface area contributed by atoms with Crippen LogP contribution >= 0.6 is 11.8 Å². The quantitative estimate of drug-likeness (QED) is 0.451. The van der Waals surface area contributed by atoms with E-state index in [2.05, 4.69) is 29.1 Å². The molecule has 5 nitrogen and oxygen atoms in total. The van der Waals surface area contributed by atoms with Gasteiger partial charge in [0.2, 0.25) is 0 Å². The number of ether oxygens (including phenoxy) is 1. The Bertz CT molecular complexity index is 440. The van der Waals surface area contributed by atoms with Gasteiger partial charge in [0, 0.05) is 12.2 Å². The zero-order valence-electron chi connectivity index (χ0n) is 12.6. The van der Waals surface area contributed by atoms with E-state index in [0.29, 0.717) is 29.2 Å². The van der Waals surface area contributed by atoms with Gasteiger partial charge in [-0.15, -0.1) is 0 Å². The van der Waals surface area contributed by atoms with Crippen molar-refractivity contribution >= 4 is 23.5 Å². The molecule has 0 bridgehead atoms. The zero-order chi connectivity index (χ0) is 15.0. The van der Waals surface area contributed by atoms with Crippen LogP contribution in [-0.2, 0) is 4.74 Å². The fourth-order valence-electron chi connectivity index (χ4n) is 1.85. The van der Waals surface area contributed by atoms with Gasteiger partial charge in [-0.3, -0.25) is 0 Å². The molecule has 1 N–H and O–H groups in total. The first-order chi connectivity index (χ1) is 9.65. The number of hydrogen-bond acceptors (Lipinski definition) is 6. The number of hydrogen-bond donors (Lipinski definition) is 1. The smallest absolute Gasteiger partial charge is 0.343 e. The van der Waals surface area contributed by atoms with Crippen LogP contribution in [0.4, 0.5) is 5.82 Å². The summed E-state index contributed by atoms with van der Waals surface area (Å²) in [5.41, 5.74) is 0.402. The molecule has 1 aromatic heterocycles. The fraction of sp³-hybridized carbons (Fsp3) is 0.643. The maximum atomic E-state index is 11.9. The Morgan fingerprint density at radius 3 is 2.75 bits per heavy atom. The number of carbonyl (C=O) groups is 1. The Kier molecular flexibility index (Phi) is 7.36. The molecule has 0 fully saturated rings. The van der Waals surface area contributed by atoms with Crippen molar-refractivity contribution in [2.45, 2.75) is 51.2 Å². The molecule has 0 amide bonds. The van der Waals surface area contributed by atoms with E-state index < -0.39 is 0 Å². The van der Waals surface area contributed by atoms with Crippen molar-refractivity contribution in [3.05, 3.63) is 11.8 Å². The van der Waals surface area contributed by atoms with Gasteiger partial charge in [-0.1, -0.05) is 32.0 Å². The lowest BCUT2D eigenvalue weighted by atomic mass is 10.1. The van der Waals surface area contributed by atoms with E-state index in [-0.39, 0.29) is 5.97 Å². The Balaban J connectivity index is 3.02. The highest BCUT2D eigenvalue weighted by atomic mass is 32.2. The predicted octanol–water partition coefficient (Wildman–Crippen LogP) is 3.37. The second-order valence-corrected chi connectivity index (χ2v) is 5.15. The van der Waals surface area contributed by atoms with Gasteiger partial charge in [0.05, 0.1) is 6.61 Å². The second kappa shape index (κ2) is 8.79. The number of aromatic nitrogens is 2. The summed E-state index contributed by atoms with van der Waals surface area (Å²) < 4.78 is 5.05. The summed E-state index contributed by atoms with van der Waals surface area (Å²) in [6, 6.07) is 0.304. The average Bonchev–Trinajstić information content (AvgIpc) is 2.46. The normalized spacial score (nSPS) is 12.0. The number of rotatable bonds is 8. The van der Waals surface area contributed by atoms with Gasteiger partial charge in [0.25, 0.3) is 0 Å². The standard InChI is InChI=1S/C14H23N3O2S/c1-5-8-10(6-2)16-12-11(13(18)19-7-3)9-15-14(17-12)20-4/h9-10H,5-8H2,1-4H3,(H,15,16,17). The molecule has 0 aliphatic carbocycles. The van der Waals surface area contributed by atoms with E-state index in [9.17, 15) is 4.79 Å². The summed E-state index contributed by atoms with van der Waals surface area (Å²) in [4.78, 5) is 20.5. The Labute approximate surface area is 124 Å². The SMILES string of the molecule is CCCC(CC)Nc1nc(SC)ncc1C(=O)OCC. The van der Waals surface area contributed by atoms with Crippen LogP contribution < -0.4 is 5.32 Å². The lowest BCUT2D eigenvalue weighted by molar-refractivity contribution is 0.0526. The Morgan fingerprint density at radius 1 is 1.45 bits per heavy atom. The monoisotopic (exact) mass is 297 g/mol. The van der Waals surface area contributed by atoms with Crippen LogP contribution in [0.25, 0.3) is 0 Å². The maximum absolute atomic E-state index is 11.9. The predicted molar refractivity (Wildman–Crippen MR) is 82.4 cm³/mol. The fourth-order valence-corrected chi connectivity index (χ4v) is 2.19. The molecule has 0 spiro atoms. The van der Waals surface area contributed by atoms with Gasteiger partial charge in [0.1, 0.15) is 11.4 Å². The minimum absolute atomic E-state index is 0.304. The van der Waals surface area contributed by atoms with E-state index in [1.807, 2.05) is 6.26 Å². The summed E-state index contributed by atoms with van der Waals surface area (Å²) >= 11 is 1.45. The van der Waals surface area contributed by atoms with Crippen molar-refractivity contribution in [1.82, 2.24) is 9.97 Å². The zero-order valence-corrected chi connectivity index (χ0v) is 13.4. The van der Waals surface area contributed by atoms with Crippen LogP contribution in [0.5, 0.6) is 0 Å². The molecule has 0 saturated heterocycles. The summed E-state index contributed by atoms with van der Waals surface area (Å²) in [7, 11) is 0. The Hall–Kier alpha value is -1.30. The molecule has 20 heavy (non-hydrogen) atoms. The lowest BCUT2D eigenvalue weighted by Crippen LogP contribution is -2.22. The third-order valence-corrected chi connectivity index (χ3v) is 3.48. The van der Waals surface area contributed by atoms with E-state index in [1.165, 1.54) is 18.0 Å². The van der Waals surface area contributed by atoms with Gasteiger partial charge < -0.3 is 10.1 Å². The number of anilines is 1. The van der Waals surface area contributed by atoms with Crippen molar-refractivity contribution in [3.8, 4) is 0 Å². The maximum Gasteiger partial charge on any atom is 0.343 e. The first-order valence-electron chi connectivity index (χ1n) is 7.00. The van der Waals surface area contributed by atoms with Crippen LogP contribution in [0.15, 0.2) is 11.4 Å². The molecular formula is C14H23N3O2S. The van der Waals surface area contributed by atoms with Gasteiger partial charge in [-0.2, -0.15) is 0 Å². The number of esters is 1. The highest BCUT2D eigenvalue weighted by molar-refractivity contribution is 7.98.